The van der Waals surface area contributed by atoms with Crippen LogP contribution >= 0.6 is 24.0 Å². The van der Waals surface area contributed by atoms with Crippen LogP contribution in [0.2, 0.25) is 5.02 Å². The maximum Gasteiger partial charge on any atom is 0.129 e. The Morgan fingerprint density at radius 3 is 2.75 bits per heavy atom. The minimum Gasteiger partial charge on any atom is -0.336 e. The average molecular weight is 258 g/mol. The van der Waals surface area contributed by atoms with E-state index in [9.17, 15) is 0 Å². The predicted molar refractivity (Wildman–Crippen MR) is 67.9 cm³/mol. The standard InChI is InChI=1S/C11H12ClN3.ClH/c1-15-6-5-14-11(15)10(13)8-3-2-4-9(12)7-8;/h2-7,10H,13H2,1H3;1H. The third-order valence-corrected chi connectivity index (χ3v) is 2.58. The summed E-state index contributed by atoms with van der Waals surface area (Å²) in [5.41, 5.74) is 7.06. The SMILES string of the molecule is Cl.Cn1ccnc1C(N)c1cccc(Cl)c1. The molecular formula is C11H13Cl2N3. The molecular weight excluding hydrogens is 245 g/mol. The molecule has 1 aromatic heterocycles. The van der Waals surface area contributed by atoms with Gasteiger partial charge in [-0.25, -0.2) is 4.98 Å². The molecule has 0 radical (unpaired) electrons. The topological polar surface area (TPSA) is 43.8 Å². The van der Waals surface area contributed by atoms with Crippen LogP contribution in [0.1, 0.15) is 17.4 Å². The van der Waals surface area contributed by atoms with Crippen LogP contribution in [-0.4, -0.2) is 9.55 Å². The van der Waals surface area contributed by atoms with Gasteiger partial charge in [-0.1, -0.05) is 23.7 Å². The van der Waals surface area contributed by atoms with Crippen molar-refractivity contribution >= 4 is 24.0 Å². The Labute approximate surface area is 106 Å². The quantitative estimate of drug-likeness (QED) is 0.899. The van der Waals surface area contributed by atoms with Gasteiger partial charge in [0.15, 0.2) is 0 Å². The molecule has 0 bridgehead atoms. The molecule has 86 valence electrons. The number of nitrogens with zero attached hydrogens (tertiary/aromatic N) is 2. The van der Waals surface area contributed by atoms with E-state index < -0.39 is 0 Å². The Kier molecular flexibility index (Phi) is 4.35. The van der Waals surface area contributed by atoms with E-state index in [0.29, 0.717) is 5.02 Å². The van der Waals surface area contributed by atoms with Crippen molar-refractivity contribution in [3.8, 4) is 0 Å². The lowest BCUT2D eigenvalue weighted by molar-refractivity contribution is 0.717. The van der Waals surface area contributed by atoms with Gasteiger partial charge in [0.25, 0.3) is 0 Å². The second-order valence-corrected chi connectivity index (χ2v) is 3.87. The first kappa shape index (κ1) is 13.0. The molecule has 0 fully saturated rings. The Bertz CT molecular complexity index is 468. The van der Waals surface area contributed by atoms with E-state index in [0.717, 1.165) is 11.4 Å². The van der Waals surface area contributed by atoms with Crippen molar-refractivity contribution in [1.29, 1.82) is 0 Å². The smallest absolute Gasteiger partial charge is 0.129 e. The summed E-state index contributed by atoms with van der Waals surface area (Å²) < 4.78 is 1.91. The van der Waals surface area contributed by atoms with E-state index in [2.05, 4.69) is 4.98 Å². The van der Waals surface area contributed by atoms with E-state index in [1.807, 2.05) is 42.1 Å². The number of halogens is 2. The fourth-order valence-electron chi connectivity index (χ4n) is 1.53. The Hall–Kier alpha value is -1.03. The molecule has 1 unspecified atom stereocenters. The van der Waals surface area contributed by atoms with Gasteiger partial charge < -0.3 is 10.3 Å². The van der Waals surface area contributed by atoms with E-state index in [-0.39, 0.29) is 18.4 Å². The van der Waals surface area contributed by atoms with Gasteiger partial charge in [0, 0.05) is 24.5 Å². The summed E-state index contributed by atoms with van der Waals surface area (Å²) >= 11 is 5.91. The molecule has 16 heavy (non-hydrogen) atoms. The van der Waals surface area contributed by atoms with Gasteiger partial charge in [-0.3, -0.25) is 0 Å². The van der Waals surface area contributed by atoms with Crippen LogP contribution in [0.4, 0.5) is 0 Å². The van der Waals surface area contributed by atoms with Crippen molar-refractivity contribution in [2.45, 2.75) is 6.04 Å². The molecule has 2 rings (SSSR count). The van der Waals surface area contributed by atoms with Crippen LogP contribution in [0.5, 0.6) is 0 Å². The zero-order valence-electron chi connectivity index (χ0n) is 8.80. The minimum atomic E-state index is -0.233. The number of nitrogens with two attached hydrogens (primary N) is 1. The molecule has 0 aliphatic heterocycles. The first-order valence-corrected chi connectivity index (χ1v) is 5.04. The third kappa shape index (κ3) is 2.55. The Balaban J connectivity index is 0.00000128. The number of aryl methyl sites for hydroxylation is 1. The Morgan fingerprint density at radius 2 is 2.19 bits per heavy atom. The molecule has 0 aliphatic rings. The molecule has 1 atom stereocenters. The number of aromatic nitrogens is 2. The highest BCUT2D eigenvalue weighted by Gasteiger charge is 2.12. The highest BCUT2D eigenvalue weighted by Crippen LogP contribution is 2.20. The molecule has 0 aliphatic carbocycles. The van der Waals surface area contributed by atoms with E-state index >= 15 is 0 Å². The molecule has 5 heteroatoms. The fraction of sp³-hybridized carbons (Fsp3) is 0.182. The van der Waals surface area contributed by atoms with E-state index in [1.54, 1.807) is 6.20 Å². The summed E-state index contributed by atoms with van der Waals surface area (Å²) in [7, 11) is 1.92. The first-order valence-electron chi connectivity index (χ1n) is 4.67. The van der Waals surface area contributed by atoms with Gasteiger partial charge in [-0.15, -0.1) is 12.4 Å². The summed E-state index contributed by atoms with van der Waals surface area (Å²) in [6.45, 7) is 0. The normalized spacial score (nSPS) is 11.9. The molecule has 1 aromatic carbocycles. The van der Waals surface area contributed by atoms with Crippen LogP contribution in [0.25, 0.3) is 0 Å². The van der Waals surface area contributed by atoms with Gasteiger partial charge in [0.05, 0.1) is 6.04 Å². The summed E-state index contributed by atoms with van der Waals surface area (Å²) in [6.07, 6.45) is 3.61. The largest absolute Gasteiger partial charge is 0.336 e. The van der Waals surface area contributed by atoms with Gasteiger partial charge in [0.2, 0.25) is 0 Å². The summed E-state index contributed by atoms with van der Waals surface area (Å²) in [5, 5.41) is 0.692. The second kappa shape index (κ2) is 5.34. The first-order chi connectivity index (χ1) is 7.18. The summed E-state index contributed by atoms with van der Waals surface area (Å²) in [5.74, 6) is 0.831. The van der Waals surface area contributed by atoms with Crippen molar-refractivity contribution in [1.82, 2.24) is 9.55 Å². The number of benzene rings is 1. The van der Waals surface area contributed by atoms with Gasteiger partial charge in [-0.05, 0) is 17.7 Å². The van der Waals surface area contributed by atoms with Gasteiger partial charge in [0.1, 0.15) is 5.82 Å². The lowest BCUT2D eigenvalue weighted by atomic mass is 10.1. The molecule has 0 spiro atoms. The number of rotatable bonds is 2. The summed E-state index contributed by atoms with van der Waals surface area (Å²) in [4.78, 5) is 4.22. The van der Waals surface area contributed by atoms with E-state index in [1.165, 1.54) is 0 Å². The number of imidazole rings is 1. The summed E-state index contributed by atoms with van der Waals surface area (Å²) in [6, 6.07) is 7.30. The lowest BCUT2D eigenvalue weighted by Crippen LogP contribution is -2.16. The molecule has 1 heterocycles. The van der Waals surface area contributed by atoms with Crippen molar-refractivity contribution in [2.24, 2.45) is 12.8 Å². The van der Waals surface area contributed by atoms with Crippen LogP contribution in [0.15, 0.2) is 36.7 Å². The monoisotopic (exact) mass is 257 g/mol. The zero-order chi connectivity index (χ0) is 10.8. The van der Waals surface area contributed by atoms with Crippen LogP contribution in [-0.2, 0) is 7.05 Å². The molecule has 2 N–H and O–H groups in total. The maximum atomic E-state index is 6.09. The van der Waals surface area contributed by atoms with Gasteiger partial charge >= 0.3 is 0 Å². The molecule has 2 aromatic rings. The molecule has 3 nitrogen and oxygen atoms in total. The van der Waals surface area contributed by atoms with Crippen LogP contribution in [0, 0.1) is 0 Å². The predicted octanol–water partition coefficient (Wildman–Crippen LogP) is 2.54. The van der Waals surface area contributed by atoms with E-state index in [4.69, 9.17) is 17.3 Å². The molecule has 0 saturated heterocycles. The fourth-order valence-corrected chi connectivity index (χ4v) is 1.72. The van der Waals surface area contributed by atoms with Crippen molar-refractivity contribution in [3.63, 3.8) is 0 Å². The Morgan fingerprint density at radius 1 is 1.44 bits per heavy atom. The van der Waals surface area contributed by atoms with Crippen LogP contribution in [0.3, 0.4) is 0 Å². The number of hydrogen-bond acceptors (Lipinski definition) is 2. The molecule has 0 saturated carbocycles. The van der Waals surface area contributed by atoms with Gasteiger partial charge in [-0.2, -0.15) is 0 Å². The van der Waals surface area contributed by atoms with Crippen molar-refractivity contribution < 1.29 is 0 Å². The minimum absolute atomic E-state index is 0. The second-order valence-electron chi connectivity index (χ2n) is 3.43. The third-order valence-electron chi connectivity index (χ3n) is 2.34. The van der Waals surface area contributed by atoms with Crippen molar-refractivity contribution in [3.05, 3.63) is 53.1 Å². The highest BCUT2D eigenvalue weighted by atomic mass is 35.5. The lowest BCUT2D eigenvalue weighted by Gasteiger charge is -2.11. The maximum absolute atomic E-state index is 6.09. The zero-order valence-corrected chi connectivity index (χ0v) is 10.4. The number of hydrogen-bond donors (Lipinski definition) is 1. The highest BCUT2D eigenvalue weighted by molar-refractivity contribution is 6.30. The van der Waals surface area contributed by atoms with Crippen LogP contribution < -0.4 is 5.73 Å². The average Bonchev–Trinajstić information content (AvgIpc) is 2.63. The van der Waals surface area contributed by atoms with Crippen molar-refractivity contribution in [2.75, 3.05) is 0 Å². The molecule has 0 amide bonds.